The Morgan fingerprint density at radius 2 is 1.94 bits per heavy atom. The predicted octanol–water partition coefficient (Wildman–Crippen LogP) is 3.10. The normalized spacial score (nSPS) is 11.8. The Balaban J connectivity index is 2.70. The van der Waals surface area contributed by atoms with Crippen LogP contribution in [0.3, 0.4) is 0 Å². The Labute approximate surface area is 115 Å². The summed E-state index contributed by atoms with van der Waals surface area (Å²) in [6, 6.07) is 4.33. The van der Waals surface area contributed by atoms with Gasteiger partial charge in [0.2, 0.25) is 0 Å². The molecule has 1 aromatic carbocycles. The maximum atomic E-state index is 11.7. The van der Waals surface area contributed by atoms with E-state index in [2.05, 4.69) is 0 Å². The molecule has 0 unspecified atom stereocenters. The Morgan fingerprint density at radius 1 is 1.28 bits per heavy atom. The molecule has 0 fully saturated rings. The average molecular weight is 291 g/mol. The molecule has 0 aliphatic heterocycles. The standard InChI is InChI=1S/C12H12Cl2O4/c1-3-17-11(15)7(2)18-12(16)8-4-5-9(13)10(14)6-8/h4-7H,3H2,1-2H3/t7-/m1/s1. The highest BCUT2D eigenvalue weighted by Gasteiger charge is 2.20. The van der Waals surface area contributed by atoms with Crippen molar-refractivity contribution in [1.29, 1.82) is 0 Å². The van der Waals surface area contributed by atoms with E-state index in [-0.39, 0.29) is 17.2 Å². The fourth-order valence-corrected chi connectivity index (χ4v) is 1.46. The molecule has 0 radical (unpaired) electrons. The second-order valence-electron chi connectivity index (χ2n) is 3.43. The number of hydrogen-bond acceptors (Lipinski definition) is 4. The lowest BCUT2D eigenvalue weighted by Crippen LogP contribution is -2.26. The van der Waals surface area contributed by atoms with Crippen LogP contribution in [0.4, 0.5) is 0 Å². The number of carbonyl (C=O) groups is 2. The number of hydrogen-bond donors (Lipinski definition) is 0. The van der Waals surface area contributed by atoms with Crippen molar-refractivity contribution in [2.45, 2.75) is 20.0 Å². The lowest BCUT2D eigenvalue weighted by Gasteiger charge is -2.12. The molecule has 0 aliphatic carbocycles. The van der Waals surface area contributed by atoms with Crippen molar-refractivity contribution in [1.82, 2.24) is 0 Å². The largest absolute Gasteiger partial charge is 0.463 e. The molecule has 0 aromatic heterocycles. The SMILES string of the molecule is CCOC(=O)[C@@H](C)OC(=O)c1ccc(Cl)c(Cl)c1. The predicted molar refractivity (Wildman–Crippen MR) is 68.0 cm³/mol. The van der Waals surface area contributed by atoms with Gasteiger partial charge in [0.1, 0.15) is 0 Å². The second-order valence-corrected chi connectivity index (χ2v) is 4.24. The molecule has 18 heavy (non-hydrogen) atoms. The van der Waals surface area contributed by atoms with Crippen LogP contribution >= 0.6 is 23.2 Å². The van der Waals surface area contributed by atoms with Gasteiger partial charge in [-0.1, -0.05) is 23.2 Å². The Bertz CT molecular complexity index is 459. The number of carbonyl (C=O) groups excluding carboxylic acids is 2. The first kappa shape index (κ1) is 14.8. The second kappa shape index (κ2) is 6.61. The molecule has 6 heteroatoms. The molecular formula is C12H12Cl2O4. The first-order chi connectivity index (χ1) is 8.45. The van der Waals surface area contributed by atoms with Crippen molar-refractivity contribution in [2.24, 2.45) is 0 Å². The van der Waals surface area contributed by atoms with Gasteiger partial charge in [0.25, 0.3) is 0 Å². The Hall–Kier alpha value is -1.26. The number of esters is 2. The highest BCUT2D eigenvalue weighted by molar-refractivity contribution is 6.42. The van der Waals surface area contributed by atoms with Crippen molar-refractivity contribution in [3.05, 3.63) is 33.8 Å². The Kier molecular flexibility index (Phi) is 5.44. The third-order valence-electron chi connectivity index (χ3n) is 2.06. The van der Waals surface area contributed by atoms with Gasteiger partial charge in [0, 0.05) is 0 Å². The van der Waals surface area contributed by atoms with Crippen molar-refractivity contribution >= 4 is 35.1 Å². The van der Waals surface area contributed by atoms with Gasteiger partial charge in [-0.3, -0.25) is 0 Å². The maximum absolute atomic E-state index is 11.7. The van der Waals surface area contributed by atoms with E-state index in [1.165, 1.54) is 25.1 Å². The van der Waals surface area contributed by atoms with Gasteiger partial charge >= 0.3 is 11.9 Å². The molecule has 0 saturated carbocycles. The molecule has 0 amide bonds. The highest BCUT2D eigenvalue weighted by Crippen LogP contribution is 2.23. The molecular weight excluding hydrogens is 279 g/mol. The van der Waals surface area contributed by atoms with Crippen molar-refractivity contribution in [3.63, 3.8) is 0 Å². The fourth-order valence-electron chi connectivity index (χ4n) is 1.16. The molecule has 1 aromatic rings. The van der Waals surface area contributed by atoms with E-state index >= 15 is 0 Å². The smallest absolute Gasteiger partial charge is 0.347 e. The molecule has 4 nitrogen and oxygen atoms in total. The van der Waals surface area contributed by atoms with E-state index in [9.17, 15) is 9.59 Å². The topological polar surface area (TPSA) is 52.6 Å². The van der Waals surface area contributed by atoms with Crippen molar-refractivity contribution < 1.29 is 19.1 Å². The molecule has 0 heterocycles. The summed E-state index contributed by atoms with van der Waals surface area (Å²) in [4.78, 5) is 23.0. The van der Waals surface area contributed by atoms with Crippen LogP contribution in [0.25, 0.3) is 0 Å². The zero-order valence-corrected chi connectivity index (χ0v) is 11.4. The van der Waals surface area contributed by atoms with Crippen LogP contribution in [0.15, 0.2) is 18.2 Å². The van der Waals surface area contributed by atoms with Crippen LogP contribution < -0.4 is 0 Å². The summed E-state index contributed by atoms with van der Waals surface area (Å²) in [6.45, 7) is 3.34. The minimum atomic E-state index is -0.966. The zero-order valence-electron chi connectivity index (χ0n) is 9.91. The summed E-state index contributed by atoms with van der Waals surface area (Å²) in [5.41, 5.74) is 0.223. The molecule has 1 atom stereocenters. The lowest BCUT2D eigenvalue weighted by atomic mass is 10.2. The van der Waals surface area contributed by atoms with E-state index in [1.54, 1.807) is 6.92 Å². The average Bonchev–Trinajstić information content (AvgIpc) is 2.32. The van der Waals surface area contributed by atoms with Gasteiger partial charge in [-0.05, 0) is 32.0 Å². The van der Waals surface area contributed by atoms with Crippen LogP contribution in [0.1, 0.15) is 24.2 Å². The zero-order chi connectivity index (χ0) is 13.7. The fraction of sp³-hybridized carbons (Fsp3) is 0.333. The van der Waals surface area contributed by atoms with Crippen LogP contribution in [0.5, 0.6) is 0 Å². The molecule has 1 rings (SSSR count). The summed E-state index contributed by atoms with van der Waals surface area (Å²) >= 11 is 11.5. The number of ether oxygens (including phenoxy) is 2. The van der Waals surface area contributed by atoms with Crippen LogP contribution in [-0.4, -0.2) is 24.6 Å². The van der Waals surface area contributed by atoms with Crippen LogP contribution in [-0.2, 0) is 14.3 Å². The van der Waals surface area contributed by atoms with Crippen LogP contribution in [0, 0.1) is 0 Å². The van der Waals surface area contributed by atoms with Crippen molar-refractivity contribution in [2.75, 3.05) is 6.61 Å². The highest BCUT2D eigenvalue weighted by atomic mass is 35.5. The van der Waals surface area contributed by atoms with Gasteiger partial charge in [-0.15, -0.1) is 0 Å². The van der Waals surface area contributed by atoms with Gasteiger partial charge in [-0.25, -0.2) is 9.59 Å². The number of benzene rings is 1. The van der Waals surface area contributed by atoms with Gasteiger partial charge in [-0.2, -0.15) is 0 Å². The molecule has 0 bridgehead atoms. The van der Waals surface area contributed by atoms with E-state index in [1.807, 2.05) is 0 Å². The first-order valence-corrected chi connectivity index (χ1v) is 6.04. The minimum Gasteiger partial charge on any atom is -0.463 e. The van der Waals surface area contributed by atoms with E-state index in [0.29, 0.717) is 5.02 Å². The van der Waals surface area contributed by atoms with Gasteiger partial charge < -0.3 is 9.47 Å². The molecule has 0 N–H and O–H groups in total. The minimum absolute atomic E-state index is 0.223. The first-order valence-electron chi connectivity index (χ1n) is 5.28. The number of rotatable bonds is 4. The molecule has 98 valence electrons. The summed E-state index contributed by atoms with van der Waals surface area (Å²) in [6.07, 6.45) is -0.966. The quantitative estimate of drug-likeness (QED) is 0.800. The summed E-state index contributed by atoms with van der Waals surface area (Å²) in [5, 5.41) is 0.585. The van der Waals surface area contributed by atoms with E-state index in [0.717, 1.165) is 0 Å². The summed E-state index contributed by atoms with van der Waals surface area (Å²) in [7, 11) is 0. The molecule has 0 aliphatic rings. The monoisotopic (exact) mass is 290 g/mol. The van der Waals surface area contributed by atoms with Crippen LogP contribution in [0.2, 0.25) is 10.0 Å². The lowest BCUT2D eigenvalue weighted by molar-refractivity contribution is -0.152. The van der Waals surface area contributed by atoms with E-state index < -0.39 is 18.0 Å². The maximum Gasteiger partial charge on any atom is 0.347 e. The van der Waals surface area contributed by atoms with Gasteiger partial charge in [0.05, 0.1) is 22.2 Å². The summed E-state index contributed by atoms with van der Waals surface area (Å²) in [5.74, 6) is -1.25. The Morgan fingerprint density at radius 3 is 2.50 bits per heavy atom. The third-order valence-corrected chi connectivity index (χ3v) is 2.80. The molecule has 0 saturated heterocycles. The van der Waals surface area contributed by atoms with E-state index in [4.69, 9.17) is 32.7 Å². The van der Waals surface area contributed by atoms with Gasteiger partial charge in [0.15, 0.2) is 6.10 Å². The number of halogens is 2. The summed E-state index contributed by atoms with van der Waals surface area (Å²) < 4.78 is 9.65. The third kappa shape index (κ3) is 3.89. The molecule has 0 spiro atoms. The van der Waals surface area contributed by atoms with Crippen molar-refractivity contribution in [3.8, 4) is 0 Å².